The normalized spacial score (nSPS) is 9.62. The van der Waals surface area contributed by atoms with Crippen molar-refractivity contribution in [2.45, 2.75) is 13.8 Å². The Bertz CT molecular complexity index is 339. The highest BCUT2D eigenvalue weighted by molar-refractivity contribution is 5.66. The van der Waals surface area contributed by atoms with Crippen LogP contribution in [0.1, 0.15) is 12.5 Å². The summed E-state index contributed by atoms with van der Waals surface area (Å²) >= 11 is 0. The number of ether oxygens (including phenoxy) is 2. The van der Waals surface area contributed by atoms with E-state index < -0.39 is 6.09 Å². The molecule has 16 heavy (non-hydrogen) atoms. The fraction of sp³-hybridized carbons (Fsp3) is 0.417. The molecule has 0 aromatic heterocycles. The van der Waals surface area contributed by atoms with Crippen molar-refractivity contribution in [1.29, 1.82) is 0 Å². The third kappa shape index (κ3) is 4.21. The van der Waals surface area contributed by atoms with Crippen molar-refractivity contribution in [2.75, 3.05) is 19.8 Å². The number of amides is 1. The third-order valence-corrected chi connectivity index (χ3v) is 2.00. The number of benzene rings is 1. The van der Waals surface area contributed by atoms with Gasteiger partial charge in [0.15, 0.2) is 0 Å². The number of hydrogen-bond donors (Lipinski definition) is 1. The fourth-order valence-corrected chi connectivity index (χ4v) is 1.21. The van der Waals surface area contributed by atoms with Gasteiger partial charge in [0.25, 0.3) is 0 Å². The fourth-order valence-electron chi connectivity index (χ4n) is 1.21. The number of para-hydroxylation sites is 1. The van der Waals surface area contributed by atoms with Crippen molar-refractivity contribution >= 4 is 6.09 Å². The van der Waals surface area contributed by atoms with E-state index in [1.807, 2.05) is 31.2 Å². The van der Waals surface area contributed by atoms with Crippen molar-refractivity contribution in [3.8, 4) is 5.75 Å². The summed E-state index contributed by atoms with van der Waals surface area (Å²) in [5.41, 5.74) is 1.08. The Hall–Kier alpha value is -1.71. The minimum atomic E-state index is -0.407. The van der Waals surface area contributed by atoms with Crippen LogP contribution in [0.3, 0.4) is 0 Å². The maximum Gasteiger partial charge on any atom is 0.407 e. The maximum atomic E-state index is 10.9. The lowest BCUT2D eigenvalue weighted by Crippen LogP contribution is -2.28. The second-order valence-electron chi connectivity index (χ2n) is 3.26. The maximum absolute atomic E-state index is 10.9. The highest BCUT2D eigenvalue weighted by atomic mass is 16.5. The molecular weight excluding hydrogens is 206 g/mol. The van der Waals surface area contributed by atoms with Crippen LogP contribution in [0.15, 0.2) is 24.3 Å². The number of alkyl carbamates (subject to hydrolysis) is 1. The van der Waals surface area contributed by atoms with Crippen LogP contribution >= 0.6 is 0 Å². The Morgan fingerprint density at radius 3 is 2.81 bits per heavy atom. The third-order valence-electron chi connectivity index (χ3n) is 2.00. The highest BCUT2D eigenvalue weighted by Crippen LogP contribution is 2.15. The van der Waals surface area contributed by atoms with Crippen LogP contribution in [0.2, 0.25) is 0 Å². The van der Waals surface area contributed by atoms with Gasteiger partial charge < -0.3 is 14.8 Å². The SMILES string of the molecule is CCOC(=O)NCCOc1ccccc1C. The van der Waals surface area contributed by atoms with Crippen molar-refractivity contribution in [1.82, 2.24) is 5.32 Å². The van der Waals surface area contributed by atoms with Gasteiger partial charge in [0, 0.05) is 0 Å². The molecule has 0 aliphatic carbocycles. The number of hydrogen-bond acceptors (Lipinski definition) is 3. The molecule has 0 bridgehead atoms. The topological polar surface area (TPSA) is 47.6 Å². The Labute approximate surface area is 95.6 Å². The zero-order valence-electron chi connectivity index (χ0n) is 9.66. The van der Waals surface area contributed by atoms with E-state index in [-0.39, 0.29) is 0 Å². The molecule has 1 rings (SSSR count). The minimum Gasteiger partial charge on any atom is -0.491 e. The van der Waals surface area contributed by atoms with Crippen LogP contribution in [-0.2, 0) is 4.74 Å². The van der Waals surface area contributed by atoms with E-state index in [2.05, 4.69) is 5.32 Å². The van der Waals surface area contributed by atoms with Gasteiger partial charge >= 0.3 is 6.09 Å². The summed E-state index contributed by atoms with van der Waals surface area (Å²) < 4.78 is 10.2. The zero-order valence-corrected chi connectivity index (χ0v) is 9.66. The highest BCUT2D eigenvalue weighted by Gasteiger charge is 2.00. The molecule has 1 aromatic carbocycles. The summed E-state index contributed by atoms with van der Waals surface area (Å²) in [4.78, 5) is 10.9. The number of rotatable bonds is 5. The van der Waals surface area contributed by atoms with E-state index in [4.69, 9.17) is 9.47 Å². The lowest BCUT2D eigenvalue weighted by atomic mass is 10.2. The molecule has 1 amide bonds. The van der Waals surface area contributed by atoms with Crippen LogP contribution in [0.4, 0.5) is 4.79 Å². The predicted molar refractivity (Wildman–Crippen MR) is 61.7 cm³/mol. The standard InChI is InChI=1S/C12H17NO3/c1-3-15-12(14)13-8-9-16-11-7-5-4-6-10(11)2/h4-7H,3,8-9H2,1-2H3,(H,13,14). The van der Waals surface area contributed by atoms with Crippen molar-refractivity contribution < 1.29 is 14.3 Å². The largest absolute Gasteiger partial charge is 0.491 e. The molecule has 0 saturated heterocycles. The van der Waals surface area contributed by atoms with Gasteiger partial charge in [0.2, 0.25) is 0 Å². The second-order valence-corrected chi connectivity index (χ2v) is 3.26. The Morgan fingerprint density at radius 2 is 2.12 bits per heavy atom. The summed E-state index contributed by atoms with van der Waals surface area (Å²) in [6, 6.07) is 7.76. The molecule has 0 fully saturated rings. The molecule has 0 aliphatic rings. The van der Waals surface area contributed by atoms with Gasteiger partial charge in [-0.25, -0.2) is 4.79 Å². The first kappa shape index (κ1) is 12.4. The molecule has 0 atom stereocenters. The Balaban J connectivity index is 2.21. The number of carbonyl (C=O) groups is 1. The van der Waals surface area contributed by atoms with Gasteiger partial charge in [-0.15, -0.1) is 0 Å². The van der Waals surface area contributed by atoms with Crippen molar-refractivity contribution in [2.24, 2.45) is 0 Å². The smallest absolute Gasteiger partial charge is 0.407 e. The molecule has 0 spiro atoms. The summed E-state index contributed by atoms with van der Waals surface area (Å²) in [6.07, 6.45) is -0.407. The molecule has 0 unspecified atom stereocenters. The first-order valence-electron chi connectivity index (χ1n) is 5.33. The zero-order chi connectivity index (χ0) is 11.8. The molecule has 0 aliphatic heterocycles. The molecule has 1 N–H and O–H groups in total. The molecule has 0 heterocycles. The van der Waals surface area contributed by atoms with E-state index in [0.29, 0.717) is 19.8 Å². The van der Waals surface area contributed by atoms with E-state index >= 15 is 0 Å². The summed E-state index contributed by atoms with van der Waals surface area (Å²) in [5, 5.41) is 2.59. The number of nitrogens with one attached hydrogen (secondary N) is 1. The minimum absolute atomic E-state index is 0.379. The molecule has 88 valence electrons. The van der Waals surface area contributed by atoms with E-state index in [1.54, 1.807) is 6.92 Å². The average molecular weight is 223 g/mol. The quantitative estimate of drug-likeness (QED) is 0.778. The lowest BCUT2D eigenvalue weighted by Gasteiger charge is -2.09. The lowest BCUT2D eigenvalue weighted by molar-refractivity contribution is 0.150. The van der Waals surface area contributed by atoms with Crippen LogP contribution in [0.25, 0.3) is 0 Å². The summed E-state index contributed by atoms with van der Waals surface area (Å²) in [5.74, 6) is 0.841. The van der Waals surface area contributed by atoms with Crippen molar-refractivity contribution in [3.63, 3.8) is 0 Å². The van der Waals surface area contributed by atoms with Gasteiger partial charge in [-0.05, 0) is 25.5 Å². The average Bonchev–Trinajstić information content (AvgIpc) is 2.27. The second kappa shape index (κ2) is 6.71. The van der Waals surface area contributed by atoms with E-state index in [0.717, 1.165) is 11.3 Å². The predicted octanol–water partition coefficient (Wildman–Crippen LogP) is 2.12. The van der Waals surface area contributed by atoms with Crippen LogP contribution < -0.4 is 10.1 Å². The monoisotopic (exact) mass is 223 g/mol. The van der Waals surface area contributed by atoms with E-state index in [1.165, 1.54) is 0 Å². The first-order chi connectivity index (χ1) is 7.74. The Morgan fingerprint density at radius 1 is 1.38 bits per heavy atom. The summed E-state index contributed by atoms with van der Waals surface area (Å²) in [7, 11) is 0. The molecule has 0 saturated carbocycles. The van der Waals surface area contributed by atoms with E-state index in [9.17, 15) is 4.79 Å². The molecule has 4 heteroatoms. The van der Waals surface area contributed by atoms with Gasteiger partial charge in [-0.2, -0.15) is 0 Å². The van der Waals surface area contributed by atoms with Gasteiger partial charge in [-0.3, -0.25) is 0 Å². The first-order valence-corrected chi connectivity index (χ1v) is 5.33. The van der Waals surface area contributed by atoms with Gasteiger partial charge in [0.05, 0.1) is 13.2 Å². The van der Waals surface area contributed by atoms with Crippen LogP contribution in [0, 0.1) is 6.92 Å². The Kier molecular flexibility index (Phi) is 5.19. The molecule has 4 nitrogen and oxygen atoms in total. The molecule has 1 aromatic rings. The van der Waals surface area contributed by atoms with Gasteiger partial charge in [0.1, 0.15) is 12.4 Å². The molecule has 0 radical (unpaired) electrons. The number of aryl methyl sites for hydroxylation is 1. The van der Waals surface area contributed by atoms with Crippen LogP contribution in [-0.4, -0.2) is 25.9 Å². The summed E-state index contributed by atoms with van der Waals surface area (Å²) in [6.45, 7) is 5.00. The van der Waals surface area contributed by atoms with Crippen LogP contribution in [0.5, 0.6) is 5.75 Å². The van der Waals surface area contributed by atoms with Crippen molar-refractivity contribution in [3.05, 3.63) is 29.8 Å². The molecular formula is C12H17NO3. The van der Waals surface area contributed by atoms with Gasteiger partial charge in [-0.1, -0.05) is 18.2 Å². The number of carbonyl (C=O) groups excluding carboxylic acids is 1.